The topological polar surface area (TPSA) is 98.3 Å². The number of rotatable bonds is 7. The van der Waals surface area contributed by atoms with Gasteiger partial charge < -0.3 is 9.47 Å². The summed E-state index contributed by atoms with van der Waals surface area (Å²) in [5.41, 5.74) is 1.43. The van der Waals surface area contributed by atoms with Gasteiger partial charge in [-0.15, -0.1) is 0 Å². The summed E-state index contributed by atoms with van der Waals surface area (Å²) in [7, 11) is -3.79. The van der Waals surface area contributed by atoms with Crippen LogP contribution in [0, 0.1) is 0 Å². The highest BCUT2D eigenvalue weighted by molar-refractivity contribution is 8.00. The van der Waals surface area contributed by atoms with Crippen molar-refractivity contribution in [1.82, 2.24) is 14.5 Å². The zero-order valence-electron chi connectivity index (χ0n) is 17.3. The minimum absolute atomic E-state index is 0.0472. The van der Waals surface area contributed by atoms with Gasteiger partial charge >= 0.3 is 0 Å². The quantitative estimate of drug-likeness (QED) is 0.668. The van der Waals surface area contributed by atoms with Crippen LogP contribution >= 0.6 is 11.8 Å². The van der Waals surface area contributed by atoms with Gasteiger partial charge in [0.25, 0.3) is 0 Å². The van der Waals surface area contributed by atoms with Crippen LogP contribution in [0.15, 0.2) is 28.3 Å². The number of carbonyl (C=O) groups excluding carboxylic acids is 1. The van der Waals surface area contributed by atoms with Crippen LogP contribution < -0.4 is 5.14 Å². The lowest BCUT2D eigenvalue weighted by atomic mass is 10.00. The number of nitrogens with two attached hydrogens (primary N) is 1. The fraction of sp³-hybridized carbons (Fsp3) is 0.600. The van der Waals surface area contributed by atoms with E-state index in [-0.39, 0.29) is 16.1 Å². The van der Waals surface area contributed by atoms with E-state index >= 15 is 0 Å². The van der Waals surface area contributed by atoms with Crippen molar-refractivity contribution < 1.29 is 13.2 Å². The molecule has 1 aliphatic heterocycles. The number of benzene rings is 1. The van der Waals surface area contributed by atoms with Gasteiger partial charge in [-0.2, -0.15) is 0 Å². The van der Waals surface area contributed by atoms with E-state index in [0.717, 1.165) is 49.4 Å². The summed E-state index contributed by atoms with van der Waals surface area (Å²) in [6.45, 7) is 7.71. The molecule has 7 nitrogen and oxygen atoms in total. The third-order valence-corrected chi connectivity index (χ3v) is 7.46. The molecule has 29 heavy (non-hydrogen) atoms. The third-order valence-electron chi connectivity index (χ3n) is 5.47. The maximum atomic E-state index is 13.1. The van der Waals surface area contributed by atoms with Crippen molar-refractivity contribution in [3.8, 4) is 0 Å². The number of nitrogens with zero attached hydrogens (tertiary/aromatic N) is 3. The number of fused-ring (bicyclic) bond motifs is 1. The van der Waals surface area contributed by atoms with Crippen LogP contribution in [-0.4, -0.2) is 46.6 Å². The van der Waals surface area contributed by atoms with E-state index in [1.807, 2.05) is 11.8 Å². The Morgan fingerprint density at radius 2 is 2.10 bits per heavy atom. The first kappa shape index (κ1) is 22.1. The summed E-state index contributed by atoms with van der Waals surface area (Å²) in [6.07, 6.45) is 5.20. The van der Waals surface area contributed by atoms with Crippen LogP contribution in [0.2, 0.25) is 0 Å². The third kappa shape index (κ3) is 4.78. The number of sulfonamides is 1. The number of piperidine rings is 1. The van der Waals surface area contributed by atoms with Gasteiger partial charge in [-0.1, -0.05) is 25.6 Å². The van der Waals surface area contributed by atoms with Crippen molar-refractivity contribution in [2.24, 2.45) is 5.14 Å². The maximum absolute atomic E-state index is 13.1. The second-order valence-electron chi connectivity index (χ2n) is 7.59. The molecule has 9 heteroatoms. The van der Waals surface area contributed by atoms with Crippen LogP contribution in [-0.2, 0) is 21.4 Å². The van der Waals surface area contributed by atoms with Crippen molar-refractivity contribution in [1.29, 1.82) is 0 Å². The molecule has 0 aliphatic carbocycles. The molecular formula is C20H30N4O3S2. The second-order valence-corrected chi connectivity index (χ2v) is 10.5. The average Bonchev–Trinajstić information content (AvgIpc) is 3.03. The fourth-order valence-electron chi connectivity index (χ4n) is 3.95. The molecule has 1 fully saturated rings. The van der Waals surface area contributed by atoms with E-state index < -0.39 is 10.0 Å². The van der Waals surface area contributed by atoms with Gasteiger partial charge in [-0.3, -0.25) is 4.79 Å². The number of imidazole rings is 1. The molecule has 0 radical (unpaired) electrons. The Morgan fingerprint density at radius 3 is 2.76 bits per heavy atom. The normalized spacial score (nSPS) is 18.9. The SMILES string of the molecule is CCCn1c(SC(C)C(=O)N2CCCCC2CC)nc2cc(S(N)(=O)=O)ccc21. The molecule has 1 amide bonds. The van der Waals surface area contributed by atoms with E-state index in [9.17, 15) is 13.2 Å². The first-order chi connectivity index (χ1) is 13.8. The molecule has 1 aromatic carbocycles. The largest absolute Gasteiger partial charge is 0.339 e. The lowest BCUT2D eigenvalue weighted by molar-refractivity contribution is -0.134. The van der Waals surface area contributed by atoms with E-state index in [1.165, 1.54) is 30.3 Å². The van der Waals surface area contributed by atoms with Gasteiger partial charge in [0.15, 0.2) is 5.16 Å². The van der Waals surface area contributed by atoms with Gasteiger partial charge in [0.1, 0.15) is 0 Å². The molecule has 2 aromatic rings. The minimum Gasteiger partial charge on any atom is -0.339 e. The molecule has 160 valence electrons. The lowest BCUT2D eigenvalue weighted by Gasteiger charge is -2.36. The van der Waals surface area contributed by atoms with Gasteiger partial charge in [0.05, 0.1) is 21.2 Å². The van der Waals surface area contributed by atoms with E-state index in [4.69, 9.17) is 5.14 Å². The van der Waals surface area contributed by atoms with Crippen molar-refractivity contribution in [3.63, 3.8) is 0 Å². The van der Waals surface area contributed by atoms with Crippen LogP contribution in [0.25, 0.3) is 11.0 Å². The lowest BCUT2D eigenvalue weighted by Crippen LogP contribution is -2.46. The number of thioether (sulfide) groups is 1. The molecular weight excluding hydrogens is 408 g/mol. The monoisotopic (exact) mass is 438 g/mol. The van der Waals surface area contributed by atoms with Crippen LogP contribution in [0.5, 0.6) is 0 Å². The summed E-state index contributed by atoms with van der Waals surface area (Å²) >= 11 is 1.44. The molecule has 1 aromatic heterocycles. The number of aryl methyl sites for hydroxylation is 1. The number of likely N-dealkylation sites (tertiary alicyclic amines) is 1. The predicted octanol–water partition coefficient (Wildman–Crippen LogP) is 3.37. The molecule has 1 aliphatic rings. The summed E-state index contributed by atoms with van der Waals surface area (Å²) in [5, 5.41) is 5.74. The smallest absolute Gasteiger partial charge is 0.238 e. The van der Waals surface area contributed by atoms with Crippen molar-refractivity contribution >= 4 is 38.7 Å². The Hall–Kier alpha value is -1.58. The Morgan fingerprint density at radius 1 is 1.34 bits per heavy atom. The van der Waals surface area contributed by atoms with E-state index in [1.54, 1.807) is 6.07 Å². The highest BCUT2D eigenvalue weighted by Crippen LogP contribution is 2.31. The number of carbonyl (C=O) groups is 1. The predicted molar refractivity (Wildman–Crippen MR) is 116 cm³/mol. The standard InChI is InChI=1S/C20H30N4O3S2/c1-4-11-24-18-10-9-16(29(21,26)27)13-17(18)22-20(24)28-14(3)19(25)23-12-7-6-8-15(23)5-2/h9-10,13-15H,4-8,11-12H2,1-3H3,(H2,21,26,27). The molecule has 2 unspecified atom stereocenters. The van der Waals surface area contributed by atoms with Crippen molar-refractivity contribution in [2.45, 2.75) is 80.8 Å². The molecule has 3 rings (SSSR count). The summed E-state index contributed by atoms with van der Waals surface area (Å²) in [4.78, 5) is 19.8. The first-order valence-electron chi connectivity index (χ1n) is 10.3. The number of hydrogen-bond acceptors (Lipinski definition) is 5. The van der Waals surface area contributed by atoms with Crippen molar-refractivity contribution in [2.75, 3.05) is 6.54 Å². The average molecular weight is 439 g/mol. The van der Waals surface area contributed by atoms with Gasteiger partial charge in [0.2, 0.25) is 15.9 Å². The highest BCUT2D eigenvalue weighted by atomic mass is 32.2. The summed E-state index contributed by atoms with van der Waals surface area (Å²) < 4.78 is 25.4. The molecule has 2 N–H and O–H groups in total. The van der Waals surface area contributed by atoms with Gasteiger partial charge in [-0.05, 0) is 57.2 Å². The Balaban J connectivity index is 1.89. The molecule has 1 saturated heterocycles. The Labute approximate surface area is 177 Å². The highest BCUT2D eigenvalue weighted by Gasteiger charge is 2.30. The van der Waals surface area contributed by atoms with Crippen molar-refractivity contribution in [3.05, 3.63) is 18.2 Å². The van der Waals surface area contributed by atoms with Crippen LogP contribution in [0.3, 0.4) is 0 Å². The summed E-state index contributed by atoms with van der Waals surface area (Å²) in [6, 6.07) is 5.08. The maximum Gasteiger partial charge on any atom is 0.238 e. The number of amides is 1. The molecule has 0 bridgehead atoms. The number of hydrogen-bond donors (Lipinski definition) is 1. The van der Waals surface area contributed by atoms with E-state index in [0.29, 0.717) is 11.6 Å². The second kappa shape index (κ2) is 9.06. The zero-order valence-corrected chi connectivity index (χ0v) is 18.9. The zero-order chi connectivity index (χ0) is 21.2. The van der Waals surface area contributed by atoms with E-state index in [2.05, 4.69) is 23.4 Å². The molecule has 0 spiro atoms. The Bertz CT molecular complexity index is 987. The summed E-state index contributed by atoms with van der Waals surface area (Å²) in [5.74, 6) is 0.155. The van der Waals surface area contributed by atoms with Gasteiger partial charge in [0, 0.05) is 19.1 Å². The molecule has 2 heterocycles. The first-order valence-corrected chi connectivity index (χ1v) is 12.7. The van der Waals surface area contributed by atoms with Gasteiger partial charge in [-0.25, -0.2) is 18.5 Å². The molecule has 0 saturated carbocycles. The minimum atomic E-state index is -3.79. The number of primary sulfonamides is 1. The Kier molecular flexibility index (Phi) is 6.90. The van der Waals surface area contributed by atoms with Crippen LogP contribution in [0.4, 0.5) is 0 Å². The molecule has 2 atom stereocenters. The van der Waals surface area contributed by atoms with Crippen LogP contribution in [0.1, 0.15) is 52.9 Å². The number of aromatic nitrogens is 2. The fourth-order valence-corrected chi connectivity index (χ4v) is 5.51.